The minimum absolute atomic E-state index is 0.166. The third kappa shape index (κ3) is 3.29. The van der Waals surface area contributed by atoms with Crippen molar-refractivity contribution in [3.05, 3.63) is 65.1 Å². The van der Waals surface area contributed by atoms with E-state index in [4.69, 9.17) is 0 Å². The maximum Gasteiger partial charge on any atom is 0.274 e. The lowest BCUT2D eigenvalue weighted by Gasteiger charge is -2.17. The lowest BCUT2D eigenvalue weighted by molar-refractivity contribution is 0.0925. The molecule has 3 rings (SSSR count). The minimum atomic E-state index is -0.316. The summed E-state index contributed by atoms with van der Waals surface area (Å²) in [6.07, 6.45) is 6.70. The van der Waals surface area contributed by atoms with Crippen LogP contribution < -0.4 is 10.9 Å². The number of amides is 1. The number of aromatic nitrogens is 4. The van der Waals surface area contributed by atoms with Gasteiger partial charge in [-0.15, -0.1) is 0 Å². The summed E-state index contributed by atoms with van der Waals surface area (Å²) in [6, 6.07) is 7.08. The molecular formula is C17H17N5O2. The third-order valence-corrected chi connectivity index (χ3v) is 3.78. The van der Waals surface area contributed by atoms with Gasteiger partial charge in [0, 0.05) is 23.8 Å². The summed E-state index contributed by atoms with van der Waals surface area (Å²) in [6.45, 7) is 2.24. The molecule has 0 saturated carbocycles. The van der Waals surface area contributed by atoms with Crippen LogP contribution in [0.3, 0.4) is 0 Å². The van der Waals surface area contributed by atoms with E-state index in [-0.39, 0.29) is 23.2 Å². The predicted octanol–water partition coefficient (Wildman–Crippen LogP) is 1.40. The molecule has 0 radical (unpaired) electrons. The monoisotopic (exact) mass is 323 g/mol. The van der Waals surface area contributed by atoms with E-state index in [1.807, 2.05) is 25.1 Å². The van der Waals surface area contributed by atoms with Crippen LogP contribution in [0.2, 0.25) is 0 Å². The Hall–Kier alpha value is -3.09. The Morgan fingerprint density at radius 1 is 1.25 bits per heavy atom. The first-order chi connectivity index (χ1) is 11.7. The smallest absolute Gasteiger partial charge is 0.274 e. The molecule has 0 bridgehead atoms. The fourth-order valence-electron chi connectivity index (χ4n) is 2.42. The predicted molar refractivity (Wildman–Crippen MR) is 89.6 cm³/mol. The quantitative estimate of drug-likeness (QED) is 0.766. The molecule has 1 N–H and O–H groups in total. The van der Waals surface area contributed by atoms with Gasteiger partial charge in [0.05, 0.1) is 24.3 Å². The van der Waals surface area contributed by atoms with E-state index < -0.39 is 0 Å². The maximum atomic E-state index is 12.5. The van der Waals surface area contributed by atoms with Crippen molar-refractivity contribution < 1.29 is 4.79 Å². The molecule has 0 aliphatic rings. The summed E-state index contributed by atoms with van der Waals surface area (Å²) in [5.41, 5.74) is 0.0788. The molecule has 0 aliphatic carbocycles. The molecule has 2 aromatic heterocycles. The SMILES string of the molecule is CC[C@@H](Cn1ncc2ccccc2c1=O)NC(=O)c1cnccn1. The van der Waals surface area contributed by atoms with E-state index in [2.05, 4.69) is 20.4 Å². The Morgan fingerprint density at radius 3 is 2.83 bits per heavy atom. The van der Waals surface area contributed by atoms with Crippen molar-refractivity contribution in [2.24, 2.45) is 0 Å². The molecule has 0 fully saturated rings. The van der Waals surface area contributed by atoms with Crippen molar-refractivity contribution in [1.29, 1.82) is 0 Å². The van der Waals surface area contributed by atoms with Crippen LogP contribution in [0, 0.1) is 0 Å². The zero-order valence-electron chi connectivity index (χ0n) is 13.2. The molecule has 1 atom stereocenters. The number of hydrogen-bond acceptors (Lipinski definition) is 5. The molecule has 122 valence electrons. The van der Waals surface area contributed by atoms with Crippen LogP contribution in [-0.2, 0) is 6.54 Å². The number of benzene rings is 1. The third-order valence-electron chi connectivity index (χ3n) is 3.78. The number of rotatable bonds is 5. The van der Waals surface area contributed by atoms with E-state index in [0.717, 1.165) is 5.39 Å². The zero-order valence-corrected chi connectivity index (χ0v) is 13.2. The Labute approximate surface area is 138 Å². The van der Waals surface area contributed by atoms with Gasteiger partial charge in [0.25, 0.3) is 11.5 Å². The van der Waals surface area contributed by atoms with E-state index in [9.17, 15) is 9.59 Å². The van der Waals surface area contributed by atoms with Gasteiger partial charge in [-0.2, -0.15) is 5.10 Å². The van der Waals surface area contributed by atoms with Gasteiger partial charge in [-0.1, -0.05) is 25.1 Å². The van der Waals surface area contributed by atoms with Crippen LogP contribution in [0.15, 0.2) is 53.8 Å². The number of fused-ring (bicyclic) bond motifs is 1. The van der Waals surface area contributed by atoms with E-state index >= 15 is 0 Å². The molecule has 3 aromatic rings. The average molecular weight is 323 g/mol. The fourth-order valence-corrected chi connectivity index (χ4v) is 2.42. The van der Waals surface area contributed by atoms with Gasteiger partial charge < -0.3 is 5.32 Å². The standard InChI is InChI=1S/C17H17N5O2/c1-2-13(21-16(23)15-10-18-7-8-19-15)11-22-17(24)14-6-4-3-5-12(14)9-20-22/h3-10,13H,2,11H2,1H3,(H,21,23)/t13-/m0/s1. The van der Waals surface area contributed by atoms with Crippen molar-refractivity contribution in [3.8, 4) is 0 Å². The van der Waals surface area contributed by atoms with Crippen molar-refractivity contribution in [2.75, 3.05) is 0 Å². The molecule has 7 heteroatoms. The summed E-state index contributed by atoms with van der Waals surface area (Å²) >= 11 is 0. The molecule has 1 amide bonds. The first-order valence-electron chi connectivity index (χ1n) is 7.70. The molecule has 7 nitrogen and oxygen atoms in total. The number of nitrogens with one attached hydrogen (secondary N) is 1. The largest absolute Gasteiger partial charge is 0.346 e. The molecule has 2 heterocycles. The van der Waals surface area contributed by atoms with Crippen LogP contribution in [-0.4, -0.2) is 31.7 Å². The van der Waals surface area contributed by atoms with Gasteiger partial charge in [-0.25, -0.2) is 9.67 Å². The number of hydrogen-bond donors (Lipinski definition) is 1. The van der Waals surface area contributed by atoms with Gasteiger partial charge in [-0.3, -0.25) is 14.6 Å². The first kappa shape index (κ1) is 15.8. The summed E-state index contributed by atoms with van der Waals surface area (Å²) in [5, 5.41) is 8.48. The number of carbonyl (C=O) groups excluding carboxylic acids is 1. The van der Waals surface area contributed by atoms with Crippen LogP contribution in [0.1, 0.15) is 23.8 Å². The highest BCUT2D eigenvalue weighted by Gasteiger charge is 2.15. The summed E-state index contributed by atoms with van der Waals surface area (Å²) < 4.78 is 1.38. The summed E-state index contributed by atoms with van der Waals surface area (Å²) in [7, 11) is 0. The highest BCUT2D eigenvalue weighted by Crippen LogP contribution is 2.07. The maximum absolute atomic E-state index is 12.5. The highest BCUT2D eigenvalue weighted by molar-refractivity contribution is 5.92. The van der Waals surface area contributed by atoms with Crippen LogP contribution in [0.25, 0.3) is 10.8 Å². The van der Waals surface area contributed by atoms with Gasteiger partial charge in [0.1, 0.15) is 5.69 Å². The van der Waals surface area contributed by atoms with Crippen molar-refractivity contribution in [3.63, 3.8) is 0 Å². The van der Waals surface area contributed by atoms with Crippen LogP contribution in [0.5, 0.6) is 0 Å². The van der Waals surface area contributed by atoms with E-state index in [0.29, 0.717) is 18.4 Å². The Kier molecular flexibility index (Phi) is 4.60. The minimum Gasteiger partial charge on any atom is -0.346 e. The van der Waals surface area contributed by atoms with Gasteiger partial charge in [-0.05, 0) is 12.5 Å². The second-order valence-corrected chi connectivity index (χ2v) is 5.39. The Morgan fingerprint density at radius 2 is 2.08 bits per heavy atom. The zero-order chi connectivity index (χ0) is 16.9. The first-order valence-corrected chi connectivity index (χ1v) is 7.70. The Balaban J connectivity index is 1.80. The van der Waals surface area contributed by atoms with Gasteiger partial charge in [0.2, 0.25) is 0 Å². The molecule has 0 saturated heterocycles. The molecule has 0 spiro atoms. The number of carbonyl (C=O) groups is 1. The van der Waals surface area contributed by atoms with Gasteiger partial charge >= 0.3 is 0 Å². The van der Waals surface area contributed by atoms with Crippen LogP contribution in [0.4, 0.5) is 0 Å². The summed E-state index contributed by atoms with van der Waals surface area (Å²) in [5.74, 6) is -0.316. The molecular weight excluding hydrogens is 306 g/mol. The topological polar surface area (TPSA) is 89.8 Å². The molecule has 1 aromatic carbocycles. The van der Waals surface area contributed by atoms with E-state index in [1.54, 1.807) is 12.3 Å². The van der Waals surface area contributed by atoms with Crippen molar-refractivity contribution in [1.82, 2.24) is 25.1 Å². The van der Waals surface area contributed by atoms with Crippen LogP contribution >= 0.6 is 0 Å². The normalized spacial score (nSPS) is 12.0. The van der Waals surface area contributed by atoms with Crippen molar-refractivity contribution >= 4 is 16.7 Å². The van der Waals surface area contributed by atoms with Crippen molar-refractivity contribution in [2.45, 2.75) is 25.9 Å². The second-order valence-electron chi connectivity index (χ2n) is 5.39. The number of nitrogens with zero attached hydrogens (tertiary/aromatic N) is 4. The van der Waals surface area contributed by atoms with E-state index in [1.165, 1.54) is 23.3 Å². The highest BCUT2D eigenvalue weighted by atomic mass is 16.2. The van der Waals surface area contributed by atoms with Gasteiger partial charge in [0.15, 0.2) is 0 Å². The molecule has 0 aliphatic heterocycles. The Bertz CT molecular complexity index is 908. The summed E-state index contributed by atoms with van der Waals surface area (Å²) in [4.78, 5) is 32.5. The lowest BCUT2D eigenvalue weighted by Crippen LogP contribution is -2.40. The lowest BCUT2D eigenvalue weighted by atomic mass is 10.2. The molecule has 24 heavy (non-hydrogen) atoms. The molecule has 0 unspecified atom stereocenters. The second kappa shape index (κ2) is 6.99. The fraction of sp³-hybridized carbons (Fsp3) is 0.235. The average Bonchev–Trinajstić information content (AvgIpc) is 2.64.